The Morgan fingerprint density at radius 1 is 1.26 bits per heavy atom. The van der Waals surface area contributed by atoms with Gasteiger partial charge in [0.1, 0.15) is 0 Å². The molecule has 2 atom stereocenters. The predicted molar refractivity (Wildman–Crippen MR) is 77.9 cm³/mol. The van der Waals surface area contributed by atoms with E-state index in [1.807, 2.05) is 4.90 Å². The van der Waals surface area contributed by atoms with E-state index in [2.05, 4.69) is 38.1 Å². The third kappa shape index (κ3) is 2.98. The molecule has 1 aliphatic heterocycles. The van der Waals surface area contributed by atoms with Crippen LogP contribution in [0.4, 0.5) is 0 Å². The highest BCUT2D eigenvalue weighted by Crippen LogP contribution is 2.32. The van der Waals surface area contributed by atoms with Crippen LogP contribution < -0.4 is 5.73 Å². The molecule has 104 valence electrons. The third-order valence-electron chi connectivity index (χ3n) is 3.91. The van der Waals surface area contributed by atoms with Crippen LogP contribution in [0.2, 0.25) is 0 Å². The van der Waals surface area contributed by atoms with E-state index in [0.29, 0.717) is 5.92 Å². The lowest BCUT2D eigenvalue weighted by Gasteiger charge is -2.27. The second-order valence-corrected chi connectivity index (χ2v) is 5.80. The molecule has 0 bridgehead atoms. The maximum atomic E-state index is 12.1. The number of carbonyl (C=O) groups is 1. The van der Waals surface area contributed by atoms with Gasteiger partial charge in [-0.05, 0) is 36.8 Å². The van der Waals surface area contributed by atoms with Crippen LogP contribution in [-0.2, 0) is 4.79 Å². The fourth-order valence-corrected chi connectivity index (χ4v) is 2.74. The van der Waals surface area contributed by atoms with Gasteiger partial charge in [-0.3, -0.25) is 4.79 Å². The first kappa shape index (κ1) is 14.1. The fourth-order valence-electron chi connectivity index (χ4n) is 2.74. The Bertz CT molecular complexity index is 437. The number of likely N-dealkylation sites (tertiary alicyclic amines) is 1. The molecule has 0 saturated carbocycles. The van der Waals surface area contributed by atoms with Gasteiger partial charge in [0.15, 0.2) is 0 Å². The molecule has 0 aromatic heterocycles. The number of rotatable bonds is 3. The number of nitrogens with zero attached hydrogens (tertiary/aromatic N) is 1. The summed E-state index contributed by atoms with van der Waals surface area (Å²) in [6.45, 7) is 6.98. The molecule has 1 aromatic rings. The SMILES string of the molecule is CC(C)c1ccc([C@@H]2CCCN2C(=O)[C@H](C)N)cc1. The highest BCUT2D eigenvalue weighted by atomic mass is 16.2. The van der Waals surface area contributed by atoms with Crippen LogP contribution in [0.3, 0.4) is 0 Å². The number of benzene rings is 1. The van der Waals surface area contributed by atoms with Crippen LogP contribution in [-0.4, -0.2) is 23.4 Å². The van der Waals surface area contributed by atoms with Gasteiger partial charge >= 0.3 is 0 Å². The molecule has 0 aliphatic carbocycles. The lowest BCUT2D eigenvalue weighted by atomic mass is 9.98. The van der Waals surface area contributed by atoms with E-state index >= 15 is 0 Å². The number of hydrogen-bond donors (Lipinski definition) is 1. The maximum Gasteiger partial charge on any atom is 0.239 e. The normalized spacial score (nSPS) is 20.9. The van der Waals surface area contributed by atoms with Crippen molar-refractivity contribution in [2.45, 2.75) is 51.6 Å². The second kappa shape index (κ2) is 5.74. The molecule has 1 heterocycles. The summed E-state index contributed by atoms with van der Waals surface area (Å²) in [6.07, 6.45) is 2.11. The van der Waals surface area contributed by atoms with Crippen LogP contribution in [0.5, 0.6) is 0 Å². The van der Waals surface area contributed by atoms with Crippen LogP contribution >= 0.6 is 0 Å². The Hall–Kier alpha value is -1.35. The Kier molecular flexibility index (Phi) is 4.25. The van der Waals surface area contributed by atoms with Gasteiger partial charge in [0.05, 0.1) is 12.1 Å². The maximum absolute atomic E-state index is 12.1. The lowest BCUT2D eigenvalue weighted by Crippen LogP contribution is -2.41. The van der Waals surface area contributed by atoms with Crippen LogP contribution in [0.15, 0.2) is 24.3 Å². The minimum Gasteiger partial charge on any atom is -0.334 e. The Morgan fingerprint density at radius 3 is 2.42 bits per heavy atom. The molecular formula is C16H24N2O. The smallest absolute Gasteiger partial charge is 0.239 e. The first-order valence-electron chi connectivity index (χ1n) is 7.16. The fraction of sp³-hybridized carbons (Fsp3) is 0.562. The van der Waals surface area contributed by atoms with E-state index in [9.17, 15) is 4.79 Å². The highest BCUT2D eigenvalue weighted by molar-refractivity contribution is 5.81. The van der Waals surface area contributed by atoms with Gasteiger partial charge in [-0.25, -0.2) is 0 Å². The summed E-state index contributed by atoms with van der Waals surface area (Å²) in [6, 6.07) is 8.47. The van der Waals surface area contributed by atoms with Crippen molar-refractivity contribution in [3.63, 3.8) is 0 Å². The first-order chi connectivity index (χ1) is 9.00. The number of hydrogen-bond acceptors (Lipinski definition) is 2. The summed E-state index contributed by atoms with van der Waals surface area (Å²) >= 11 is 0. The van der Waals surface area contributed by atoms with E-state index in [1.165, 1.54) is 11.1 Å². The van der Waals surface area contributed by atoms with Gasteiger partial charge in [-0.1, -0.05) is 38.1 Å². The summed E-state index contributed by atoms with van der Waals surface area (Å²) in [7, 11) is 0. The van der Waals surface area contributed by atoms with Crippen molar-refractivity contribution in [1.82, 2.24) is 4.90 Å². The molecule has 1 amide bonds. The zero-order chi connectivity index (χ0) is 14.0. The van der Waals surface area contributed by atoms with Crippen molar-refractivity contribution in [3.05, 3.63) is 35.4 Å². The van der Waals surface area contributed by atoms with Crippen molar-refractivity contribution < 1.29 is 4.79 Å². The molecule has 0 unspecified atom stereocenters. The summed E-state index contributed by atoms with van der Waals surface area (Å²) < 4.78 is 0. The molecule has 1 aliphatic rings. The van der Waals surface area contributed by atoms with Gasteiger partial charge in [0.25, 0.3) is 0 Å². The summed E-state index contributed by atoms with van der Waals surface area (Å²) in [5, 5.41) is 0. The van der Waals surface area contributed by atoms with Gasteiger partial charge < -0.3 is 10.6 Å². The summed E-state index contributed by atoms with van der Waals surface area (Å²) in [5.41, 5.74) is 8.30. The molecular weight excluding hydrogens is 236 g/mol. The third-order valence-corrected chi connectivity index (χ3v) is 3.91. The number of carbonyl (C=O) groups excluding carboxylic acids is 1. The Balaban J connectivity index is 2.18. The van der Waals surface area contributed by atoms with Gasteiger partial charge in [0.2, 0.25) is 5.91 Å². The standard InChI is InChI=1S/C16H24N2O/c1-11(2)13-6-8-14(9-7-13)15-5-4-10-18(15)16(19)12(3)17/h6-9,11-12,15H,4-5,10,17H2,1-3H3/t12-,15-/m0/s1. The van der Waals surface area contributed by atoms with Crippen molar-refractivity contribution >= 4 is 5.91 Å². The van der Waals surface area contributed by atoms with Crippen molar-refractivity contribution in [3.8, 4) is 0 Å². The zero-order valence-electron chi connectivity index (χ0n) is 12.1. The largest absolute Gasteiger partial charge is 0.334 e. The van der Waals surface area contributed by atoms with E-state index < -0.39 is 6.04 Å². The molecule has 0 spiro atoms. The number of amides is 1. The lowest BCUT2D eigenvalue weighted by molar-refractivity contribution is -0.133. The molecule has 3 nitrogen and oxygen atoms in total. The summed E-state index contributed by atoms with van der Waals surface area (Å²) in [5.74, 6) is 0.606. The first-order valence-corrected chi connectivity index (χ1v) is 7.16. The zero-order valence-corrected chi connectivity index (χ0v) is 12.1. The minimum atomic E-state index is -0.407. The summed E-state index contributed by atoms with van der Waals surface area (Å²) in [4.78, 5) is 14.0. The Morgan fingerprint density at radius 2 is 1.89 bits per heavy atom. The van der Waals surface area contributed by atoms with E-state index in [0.717, 1.165) is 19.4 Å². The van der Waals surface area contributed by atoms with Crippen LogP contribution in [0.1, 0.15) is 56.7 Å². The molecule has 1 aromatic carbocycles. The van der Waals surface area contributed by atoms with Crippen molar-refractivity contribution in [2.24, 2.45) is 5.73 Å². The van der Waals surface area contributed by atoms with Crippen LogP contribution in [0.25, 0.3) is 0 Å². The van der Waals surface area contributed by atoms with E-state index in [1.54, 1.807) is 6.92 Å². The van der Waals surface area contributed by atoms with E-state index in [-0.39, 0.29) is 11.9 Å². The van der Waals surface area contributed by atoms with Crippen LogP contribution in [0, 0.1) is 0 Å². The average Bonchev–Trinajstić information content (AvgIpc) is 2.86. The monoisotopic (exact) mass is 260 g/mol. The molecule has 19 heavy (non-hydrogen) atoms. The minimum absolute atomic E-state index is 0.0652. The molecule has 1 fully saturated rings. The topological polar surface area (TPSA) is 46.3 Å². The molecule has 0 radical (unpaired) electrons. The molecule has 2 rings (SSSR count). The highest BCUT2D eigenvalue weighted by Gasteiger charge is 2.31. The van der Waals surface area contributed by atoms with E-state index in [4.69, 9.17) is 5.73 Å². The van der Waals surface area contributed by atoms with Crippen molar-refractivity contribution in [1.29, 1.82) is 0 Å². The predicted octanol–water partition coefficient (Wildman–Crippen LogP) is 2.82. The average molecular weight is 260 g/mol. The molecule has 1 saturated heterocycles. The molecule has 3 heteroatoms. The second-order valence-electron chi connectivity index (χ2n) is 5.80. The van der Waals surface area contributed by atoms with Gasteiger partial charge in [-0.2, -0.15) is 0 Å². The van der Waals surface area contributed by atoms with Gasteiger partial charge in [0, 0.05) is 6.54 Å². The molecule has 2 N–H and O–H groups in total. The number of nitrogens with two attached hydrogens (primary N) is 1. The Labute approximate surface area is 115 Å². The van der Waals surface area contributed by atoms with Gasteiger partial charge in [-0.15, -0.1) is 0 Å². The van der Waals surface area contributed by atoms with Crippen molar-refractivity contribution in [2.75, 3.05) is 6.54 Å². The quantitative estimate of drug-likeness (QED) is 0.908.